The Kier molecular flexibility index (Phi) is 5.38. The lowest BCUT2D eigenvalue weighted by Gasteiger charge is -1.98. The Morgan fingerprint density at radius 3 is 1.23 bits per heavy atom. The minimum Gasteiger partial charge on any atom is -0.288 e. The molecular weight excluding hydrogens is 569 g/mol. The Labute approximate surface area is 245 Å². The fourth-order valence-electron chi connectivity index (χ4n) is 5.28. The molecule has 2 nitrogen and oxygen atoms in total. The van der Waals surface area contributed by atoms with Crippen molar-refractivity contribution in [2.75, 3.05) is 0 Å². The maximum absolute atomic E-state index is 13.2. The highest BCUT2D eigenvalue weighted by atomic mass is 32.1. The van der Waals surface area contributed by atoms with Gasteiger partial charge in [0.15, 0.2) is 0 Å². The van der Waals surface area contributed by atoms with E-state index in [4.69, 9.17) is 0 Å². The molecule has 0 saturated heterocycles. The molecule has 4 aromatic carbocycles. The Hall–Kier alpha value is -3.68. The van der Waals surface area contributed by atoms with Gasteiger partial charge in [-0.3, -0.25) is 9.59 Å². The zero-order chi connectivity index (χ0) is 27.1. The molecule has 8 rings (SSSR count). The topological polar surface area (TPSA) is 34.1 Å². The first-order valence-corrected chi connectivity index (χ1v) is 16.2. The maximum atomic E-state index is 13.2. The predicted octanol–water partition coefficient (Wildman–Crippen LogP) is 10.8. The van der Waals surface area contributed by atoms with Crippen LogP contribution in [0.5, 0.6) is 0 Å². The molecule has 0 unspecified atom stereocenters. The van der Waals surface area contributed by atoms with Gasteiger partial charge in [0.05, 0.1) is 38.0 Å². The van der Waals surface area contributed by atoms with Crippen LogP contribution in [0.25, 0.3) is 49.7 Å². The van der Waals surface area contributed by atoms with Gasteiger partial charge in [0.25, 0.3) is 0 Å². The van der Waals surface area contributed by atoms with E-state index in [1.165, 1.54) is 39.0 Å². The largest absolute Gasteiger partial charge is 0.288 e. The van der Waals surface area contributed by atoms with Gasteiger partial charge in [0.2, 0.25) is 11.6 Å². The summed E-state index contributed by atoms with van der Waals surface area (Å²) < 4.78 is 7.41. The smallest absolute Gasteiger partial charge is 0.202 e. The molecule has 4 heterocycles. The Morgan fingerprint density at radius 2 is 0.825 bits per heavy atom. The van der Waals surface area contributed by atoms with E-state index in [0.717, 1.165) is 42.8 Å². The van der Waals surface area contributed by atoms with E-state index in [9.17, 15) is 9.59 Å². The minimum absolute atomic E-state index is 0.0780. The molecule has 0 bridgehead atoms. The molecule has 0 amide bonds. The fraction of sp³-hybridized carbons (Fsp3) is 0.0588. The van der Waals surface area contributed by atoms with Gasteiger partial charge in [0, 0.05) is 21.9 Å². The highest BCUT2D eigenvalue weighted by Crippen LogP contribution is 2.50. The van der Waals surface area contributed by atoms with Crippen LogP contribution < -0.4 is 0 Å². The van der Waals surface area contributed by atoms with Crippen LogP contribution in [0.1, 0.15) is 41.6 Å². The van der Waals surface area contributed by atoms with Gasteiger partial charge in [-0.25, -0.2) is 0 Å². The lowest BCUT2D eigenvalue weighted by molar-refractivity contribution is 0.103. The minimum atomic E-state index is 0.0780. The molecule has 0 N–H and O–H groups in total. The van der Waals surface area contributed by atoms with Gasteiger partial charge in [0.1, 0.15) is 0 Å². The number of fused-ring (bicyclic) bond motifs is 9. The number of carbonyl (C=O) groups is 2. The number of hydrogen-bond donors (Lipinski definition) is 0. The van der Waals surface area contributed by atoms with Crippen LogP contribution >= 0.6 is 45.3 Å². The molecule has 0 spiro atoms. The number of rotatable bonds is 4. The first-order chi connectivity index (χ1) is 19.4. The fourth-order valence-corrected chi connectivity index (χ4v) is 10.6. The van der Waals surface area contributed by atoms with E-state index in [0.29, 0.717) is 0 Å². The van der Waals surface area contributed by atoms with E-state index in [-0.39, 0.29) is 11.6 Å². The molecule has 40 heavy (non-hydrogen) atoms. The third kappa shape index (κ3) is 3.64. The maximum Gasteiger partial charge on any atom is 0.202 e. The summed E-state index contributed by atoms with van der Waals surface area (Å²) in [6.45, 7) is 4.06. The first-order valence-electron chi connectivity index (χ1n) is 12.9. The van der Waals surface area contributed by atoms with Crippen LogP contribution in [0.3, 0.4) is 0 Å². The summed E-state index contributed by atoms with van der Waals surface area (Å²) in [7, 11) is 0. The molecule has 0 atom stereocenters. The highest BCUT2D eigenvalue weighted by Gasteiger charge is 2.21. The summed E-state index contributed by atoms with van der Waals surface area (Å²) in [6.07, 6.45) is 0. The van der Waals surface area contributed by atoms with E-state index in [1.807, 2.05) is 97.2 Å². The molecule has 0 fully saturated rings. The van der Waals surface area contributed by atoms with Crippen molar-refractivity contribution < 1.29 is 9.59 Å². The summed E-state index contributed by atoms with van der Waals surface area (Å²) in [5.41, 5.74) is 3.75. The van der Waals surface area contributed by atoms with Crippen molar-refractivity contribution in [2.45, 2.75) is 13.8 Å². The first kappa shape index (κ1) is 24.1. The Bertz CT molecular complexity index is 2140. The van der Waals surface area contributed by atoms with Crippen LogP contribution in [-0.4, -0.2) is 11.6 Å². The van der Waals surface area contributed by atoms with Gasteiger partial charge in [-0.1, -0.05) is 83.9 Å². The number of thiophene rings is 4. The molecule has 8 aromatic rings. The van der Waals surface area contributed by atoms with Gasteiger partial charge in [-0.05, 0) is 36.8 Å². The summed E-state index contributed by atoms with van der Waals surface area (Å²) >= 11 is 6.83. The van der Waals surface area contributed by atoms with Crippen LogP contribution in [-0.2, 0) is 0 Å². The summed E-state index contributed by atoms with van der Waals surface area (Å²) in [5, 5.41) is 4.72. The van der Waals surface area contributed by atoms with E-state index < -0.39 is 0 Å². The standard InChI is InChI=1S/C34H20O2S4/c1-17-3-7-19(8-4-17)27(35)25-15-21-11-13-23-31(29(21)37-25)39-34-24-14-12-22-16-26(38-30(22)32(24)40-33(23)34)28(36)20-9-5-18(2)6-10-20/h3-16H,1-2H3. The summed E-state index contributed by atoms with van der Waals surface area (Å²) in [4.78, 5) is 28.0. The van der Waals surface area contributed by atoms with Crippen molar-refractivity contribution in [3.05, 3.63) is 117 Å². The SMILES string of the molecule is Cc1ccc(C(=O)c2cc3ccc4c(sc5c6ccc7cc(C(=O)c8ccc(C)cc8)sc7c6sc45)c3s2)cc1. The van der Waals surface area contributed by atoms with Crippen molar-refractivity contribution in [2.24, 2.45) is 0 Å². The van der Waals surface area contributed by atoms with Crippen LogP contribution in [0, 0.1) is 13.8 Å². The van der Waals surface area contributed by atoms with E-state index in [2.05, 4.69) is 24.3 Å². The second kappa shape index (κ2) is 8.91. The van der Waals surface area contributed by atoms with E-state index >= 15 is 0 Å². The van der Waals surface area contributed by atoms with Crippen molar-refractivity contribution in [3.63, 3.8) is 0 Å². The average Bonchev–Trinajstić information content (AvgIpc) is 3.73. The normalized spacial score (nSPS) is 11.9. The molecule has 0 aliphatic heterocycles. The van der Waals surface area contributed by atoms with Crippen molar-refractivity contribution in [3.8, 4) is 0 Å². The van der Waals surface area contributed by atoms with E-state index in [1.54, 1.807) is 22.7 Å². The van der Waals surface area contributed by atoms with Crippen molar-refractivity contribution >= 4 is 107 Å². The van der Waals surface area contributed by atoms with Crippen LogP contribution in [0.15, 0.2) is 84.9 Å². The molecule has 4 aromatic heterocycles. The molecule has 0 aliphatic carbocycles. The Balaban J connectivity index is 1.25. The number of benzene rings is 4. The van der Waals surface area contributed by atoms with Crippen LogP contribution in [0.4, 0.5) is 0 Å². The second-order valence-corrected chi connectivity index (χ2v) is 14.3. The van der Waals surface area contributed by atoms with Gasteiger partial charge in [-0.15, -0.1) is 45.3 Å². The van der Waals surface area contributed by atoms with Gasteiger partial charge in [-0.2, -0.15) is 0 Å². The summed E-state index contributed by atoms with van der Waals surface area (Å²) in [6, 6.07) is 28.4. The quantitative estimate of drug-likeness (QED) is 0.192. The molecule has 192 valence electrons. The average molecular weight is 589 g/mol. The van der Waals surface area contributed by atoms with Crippen LogP contribution in [0.2, 0.25) is 0 Å². The monoisotopic (exact) mass is 588 g/mol. The van der Waals surface area contributed by atoms with Gasteiger partial charge >= 0.3 is 0 Å². The van der Waals surface area contributed by atoms with Crippen molar-refractivity contribution in [1.29, 1.82) is 0 Å². The number of ketones is 2. The number of carbonyl (C=O) groups excluding carboxylic acids is 2. The lowest BCUT2D eigenvalue weighted by atomic mass is 10.1. The number of hydrogen-bond acceptors (Lipinski definition) is 6. The molecule has 6 heteroatoms. The molecule has 0 radical (unpaired) electrons. The molecular formula is C34H20O2S4. The van der Waals surface area contributed by atoms with Crippen molar-refractivity contribution in [1.82, 2.24) is 0 Å². The third-order valence-electron chi connectivity index (χ3n) is 7.46. The third-order valence-corrected chi connectivity index (χ3v) is 12.7. The predicted molar refractivity (Wildman–Crippen MR) is 175 cm³/mol. The highest BCUT2D eigenvalue weighted by molar-refractivity contribution is 7.40. The summed E-state index contributed by atoms with van der Waals surface area (Å²) in [5.74, 6) is 0.156. The number of aryl methyl sites for hydroxylation is 2. The molecule has 0 aliphatic rings. The zero-order valence-corrected chi connectivity index (χ0v) is 24.8. The lowest BCUT2D eigenvalue weighted by Crippen LogP contribution is -1.97. The zero-order valence-electron chi connectivity index (χ0n) is 21.5. The second-order valence-electron chi connectivity index (χ2n) is 10.2. The van der Waals surface area contributed by atoms with Gasteiger partial charge < -0.3 is 0 Å². The molecule has 0 saturated carbocycles. The Morgan fingerprint density at radius 1 is 0.450 bits per heavy atom.